The van der Waals surface area contributed by atoms with Gasteiger partial charge in [0.15, 0.2) is 23.5 Å². The minimum atomic E-state index is -1.22. The van der Waals surface area contributed by atoms with E-state index in [2.05, 4.69) is 5.32 Å². The molecule has 3 aromatic carbocycles. The average Bonchev–Trinajstić information content (AvgIpc) is 3.39. The van der Waals surface area contributed by atoms with Crippen LogP contribution in [-0.2, 0) is 26.2 Å². The van der Waals surface area contributed by atoms with Crippen molar-refractivity contribution in [3.05, 3.63) is 81.9 Å². The monoisotopic (exact) mass is 640 g/mol. The Morgan fingerprint density at radius 2 is 1.91 bits per heavy atom. The van der Waals surface area contributed by atoms with Crippen LogP contribution in [0.15, 0.2) is 48.5 Å². The normalized spacial score (nSPS) is 19.3. The number of nitriles is 1. The molecule has 0 aromatic heterocycles. The van der Waals surface area contributed by atoms with E-state index in [0.717, 1.165) is 25.3 Å². The van der Waals surface area contributed by atoms with Gasteiger partial charge in [0.2, 0.25) is 0 Å². The summed E-state index contributed by atoms with van der Waals surface area (Å²) in [6, 6.07) is 14.9. The molecule has 2 aliphatic heterocycles. The van der Waals surface area contributed by atoms with E-state index in [9.17, 15) is 10.1 Å². The lowest BCUT2D eigenvalue weighted by atomic mass is 9.85. The van der Waals surface area contributed by atoms with Crippen molar-refractivity contribution < 1.29 is 37.3 Å². The summed E-state index contributed by atoms with van der Waals surface area (Å²) < 4.78 is 60.4. The van der Waals surface area contributed by atoms with Gasteiger partial charge in [0.1, 0.15) is 23.8 Å². The summed E-state index contributed by atoms with van der Waals surface area (Å²) in [6.07, 6.45) is 1.85. The Morgan fingerprint density at radius 1 is 1.13 bits per heavy atom. The predicted octanol–water partition coefficient (Wildman–Crippen LogP) is 7.43. The van der Waals surface area contributed by atoms with Gasteiger partial charge in [-0.3, -0.25) is 0 Å². The first-order valence-corrected chi connectivity index (χ1v) is 15.2. The van der Waals surface area contributed by atoms with Gasteiger partial charge in [-0.15, -0.1) is 0 Å². The number of rotatable bonds is 9. The van der Waals surface area contributed by atoms with Crippen molar-refractivity contribution in [1.29, 1.82) is 5.26 Å². The van der Waals surface area contributed by atoms with Crippen LogP contribution in [0.25, 0.3) is 11.1 Å². The Balaban J connectivity index is 1.49. The van der Waals surface area contributed by atoms with Crippen molar-refractivity contribution in [2.24, 2.45) is 0 Å². The SMILES string of the molecule is CC(C)(C)OC(=O)NC[C@@]1(c2ccccc2)Cc2c(cc(F)c(Cl)c2-c2c(C#N)ccc(OCCOC3CCCCO3)c2F)O1. The molecule has 5 rings (SSSR count). The van der Waals surface area contributed by atoms with Gasteiger partial charge in [0.05, 0.1) is 29.8 Å². The third-order valence-corrected chi connectivity index (χ3v) is 7.90. The number of ether oxygens (including phenoxy) is 5. The zero-order valence-corrected chi connectivity index (χ0v) is 26.1. The van der Waals surface area contributed by atoms with E-state index >= 15 is 8.78 Å². The molecule has 2 heterocycles. The number of carbonyl (C=O) groups is 1. The summed E-state index contributed by atoms with van der Waals surface area (Å²) in [6.45, 7) is 5.99. The highest BCUT2D eigenvalue weighted by Gasteiger charge is 2.44. The molecule has 11 heteroatoms. The first-order chi connectivity index (χ1) is 21.5. The van der Waals surface area contributed by atoms with Crippen molar-refractivity contribution in [2.75, 3.05) is 26.4 Å². The second kappa shape index (κ2) is 13.6. The highest BCUT2D eigenvalue weighted by Crippen LogP contribution is 2.50. The molecule has 3 aromatic rings. The molecule has 1 N–H and O–H groups in total. The summed E-state index contributed by atoms with van der Waals surface area (Å²) >= 11 is 6.55. The zero-order valence-electron chi connectivity index (χ0n) is 25.4. The fourth-order valence-electron chi connectivity index (χ4n) is 5.51. The Hall–Kier alpha value is -3.91. The van der Waals surface area contributed by atoms with E-state index in [4.69, 9.17) is 35.3 Å². The fraction of sp³-hybridized carbons (Fsp3) is 0.412. The number of nitrogens with zero attached hydrogens (tertiary/aromatic N) is 1. The number of halogens is 3. The minimum absolute atomic E-state index is 0.0203. The highest BCUT2D eigenvalue weighted by molar-refractivity contribution is 6.34. The molecule has 0 saturated carbocycles. The van der Waals surface area contributed by atoms with Crippen molar-refractivity contribution in [2.45, 2.75) is 63.9 Å². The average molecular weight is 641 g/mol. The van der Waals surface area contributed by atoms with Crippen molar-refractivity contribution >= 4 is 17.7 Å². The van der Waals surface area contributed by atoms with E-state index in [-0.39, 0.29) is 65.7 Å². The second-order valence-electron chi connectivity index (χ2n) is 11.9. The van der Waals surface area contributed by atoms with E-state index in [1.807, 2.05) is 36.4 Å². The van der Waals surface area contributed by atoms with Gasteiger partial charge in [-0.1, -0.05) is 41.9 Å². The van der Waals surface area contributed by atoms with Crippen LogP contribution in [0.5, 0.6) is 11.5 Å². The van der Waals surface area contributed by atoms with Crippen LogP contribution < -0.4 is 14.8 Å². The maximum absolute atomic E-state index is 16.3. The smallest absolute Gasteiger partial charge is 0.407 e. The van der Waals surface area contributed by atoms with E-state index in [0.29, 0.717) is 17.7 Å². The maximum atomic E-state index is 16.3. The molecule has 1 amide bonds. The number of hydrogen-bond acceptors (Lipinski definition) is 7. The number of alkyl carbamates (subject to hydrolysis) is 1. The topological polar surface area (TPSA) is 99.0 Å². The Morgan fingerprint density at radius 3 is 2.60 bits per heavy atom. The lowest BCUT2D eigenvalue weighted by molar-refractivity contribution is -0.165. The standard InChI is InChI=1S/C34H35ClF2N2O6/c1-33(2,3)45-32(40)39-20-34(22-9-5-4-6-10-22)18-23-26(44-34)17-24(36)30(35)29(23)28-21(19-38)12-13-25(31(28)37)41-15-16-43-27-11-7-8-14-42-27/h4-6,9-10,12-13,17,27H,7-8,11,14-16,18,20H2,1-3H3,(H,39,40)/t27?,34-/m1/s1. The minimum Gasteiger partial charge on any atom is -0.488 e. The summed E-state index contributed by atoms with van der Waals surface area (Å²) in [5, 5.41) is 12.4. The van der Waals surface area contributed by atoms with Gasteiger partial charge in [-0.25, -0.2) is 13.6 Å². The molecule has 8 nitrogen and oxygen atoms in total. The molecule has 0 aliphatic carbocycles. The van der Waals surface area contributed by atoms with Crippen molar-refractivity contribution in [1.82, 2.24) is 5.32 Å². The quantitative estimate of drug-likeness (QED) is 0.243. The van der Waals surface area contributed by atoms with E-state index in [1.54, 1.807) is 20.8 Å². The van der Waals surface area contributed by atoms with Gasteiger partial charge in [0.25, 0.3) is 0 Å². The van der Waals surface area contributed by atoms with Crippen LogP contribution in [0.4, 0.5) is 13.6 Å². The van der Waals surface area contributed by atoms with E-state index in [1.165, 1.54) is 12.1 Å². The third kappa shape index (κ3) is 7.33. The lowest BCUT2D eigenvalue weighted by Gasteiger charge is -2.30. The molecule has 0 bridgehead atoms. The molecule has 1 fully saturated rings. The summed E-state index contributed by atoms with van der Waals surface area (Å²) in [4.78, 5) is 12.6. The third-order valence-electron chi connectivity index (χ3n) is 7.53. The Labute approximate surface area is 266 Å². The molecule has 0 spiro atoms. The second-order valence-corrected chi connectivity index (χ2v) is 12.3. The van der Waals surface area contributed by atoms with Crippen LogP contribution in [0, 0.1) is 23.0 Å². The number of carbonyl (C=O) groups excluding carboxylic acids is 1. The molecular formula is C34H35ClF2N2O6. The zero-order chi connectivity index (χ0) is 32.2. The summed E-state index contributed by atoms with van der Waals surface area (Å²) in [7, 11) is 0. The van der Waals surface area contributed by atoms with Crippen LogP contribution in [0.2, 0.25) is 5.02 Å². The molecule has 2 aliphatic rings. The Bertz CT molecular complexity index is 1580. The molecule has 1 unspecified atom stereocenters. The fourth-order valence-corrected chi connectivity index (χ4v) is 5.78. The molecule has 238 valence electrons. The molecule has 1 saturated heterocycles. The number of fused-ring (bicyclic) bond motifs is 1. The molecule has 2 atom stereocenters. The first-order valence-electron chi connectivity index (χ1n) is 14.8. The van der Waals surface area contributed by atoms with Crippen molar-refractivity contribution in [3.8, 4) is 28.7 Å². The molecular weight excluding hydrogens is 606 g/mol. The van der Waals surface area contributed by atoms with Crippen molar-refractivity contribution in [3.63, 3.8) is 0 Å². The number of amides is 1. The van der Waals surface area contributed by atoms with E-state index < -0.39 is 28.9 Å². The predicted molar refractivity (Wildman–Crippen MR) is 163 cm³/mol. The van der Waals surface area contributed by atoms with Crippen LogP contribution in [0.1, 0.15) is 56.7 Å². The van der Waals surface area contributed by atoms with Gasteiger partial charge < -0.3 is 29.0 Å². The summed E-state index contributed by atoms with van der Waals surface area (Å²) in [5.74, 6) is -1.77. The summed E-state index contributed by atoms with van der Waals surface area (Å²) in [5.41, 5.74) is -1.19. The largest absolute Gasteiger partial charge is 0.488 e. The number of hydrogen-bond donors (Lipinski definition) is 1. The van der Waals surface area contributed by atoms with Crippen LogP contribution >= 0.6 is 11.6 Å². The van der Waals surface area contributed by atoms with Gasteiger partial charge in [-0.05, 0) is 57.7 Å². The van der Waals surface area contributed by atoms with Gasteiger partial charge >= 0.3 is 6.09 Å². The van der Waals surface area contributed by atoms with Crippen LogP contribution in [0.3, 0.4) is 0 Å². The molecule has 45 heavy (non-hydrogen) atoms. The Kier molecular flexibility index (Phi) is 9.82. The maximum Gasteiger partial charge on any atom is 0.407 e. The highest BCUT2D eigenvalue weighted by atomic mass is 35.5. The van der Waals surface area contributed by atoms with Crippen LogP contribution in [-0.4, -0.2) is 44.3 Å². The number of benzene rings is 3. The first kappa shape index (κ1) is 32.5. The number of nitrogens with one attached hydrogen (secondary N) is 1. The molecule has 0 radical (unpaired) electrons. The van der Waals surface area contributed by atoms with Gasteiger partial charge in [0, 0.05) is 35.8 Å². The van der Waals surface area contributed by atoms with Gasteiger partial charge in [-0.2, -0.15) is 5.26 Å². The lowest BCUT2D eigenvalue weighted by Crippen LogP contribution is -2.45.